The summed E-state index contributed by atoms with van der Waals surface area (Å²) >= 11 is 0. The van der Waals surface area contributed by atoms with Crippen molar-refractivity contribution in [3.8, 4) is 5.88 Å². The van der Waals surface area contributed by atoms with Gasteiger partial charge in [-0.15, -0.1) is 0 Å². The minimum absolute atomic E-state index is 0.140. The SMILES string of the molecule is CCOc1ccc([N+](=O)[O-])c(N/N=C/c2ccc(C(F)(F)F)cc2)n1. The van der Waals surface area contributed by atoms with Crippen molar-refractivity contribution in [3.63, 3.8) is 0 Å². The maximum absolute atomic E-state index is 12.5. The largest absolute Gasteiger partial charge is 0.478 e. The summed E-state index contributed by atoms with van der Waals surface area (Å²) in [6.45, 7) is 2.07. The minimum atomic E-state index is -4.42. The van der Waals surface area contributed by atoms with Crippen molar-refractivity contribution in [2.24, 2.45) is 5.10 Å². The standard InChI is InChI=1S/C15H13F3N4O3/c1-2-25-13-8-7-12(22(23)24)14(20-13)21-19-9-10-3-5-11(6-4-10)15(16,17)18/h3-9H,2H2,1H3,(H,20,21)/b19-9+. The number of hydrazone groups is 1. The van der Waals surface area contributed by atoms with Gasteiger partial charge >= 0.3 is 11.9 Å². The lowest BCUT2D eigenvalue weighted by Crippen LogP contribution is -2.04. The molecule has 0 amide bonds. The number of hydrogen-bond donors (Lipinski definition) is 1. The molecule has 0 aliphatic rings. The Hall–Kier alpha value is -3.17. The third-order valence-electron chi connectivity index (χ3n) is 2.96. The monoisotopic (exact) mass is 354 g/mol. The number of benzene rings is 1. The molecule has 1 heterocycles. The molecule has 0 saturated heterocycles. The Bertz CT molecular complexity index is 777. The summed E-state index contributed by atoms with van der Waals surface area (Å²) in [6, 6.07) is 6.86. The molecule has 0 unspecified atom stereocenters. The van der Waals surface area contributed by atoms with Crippen LogP contribution in [0, 0.1) is 10.1 Å². The van der Waals surface area contributed by atoms with Gasteiger partial charge in [-0.1, -0.05) is 12.1 Å². The maximum Gasteiger partial charge on any atom is 0.416 e. The highest BCUT2D eigenvalue weighted by atomic mass is 19.4. The number of halogens is 3. The van der Waals surface area contributed by atoms with Gasteiger partial charge in [0, 0.05) is 12.1 Å². The summed E-state index contributed by atoms with van der Waals surface area (Å²) in [6.07, 6.45) is -3.20. The van der Waals surface area contributed by atoms with Gasteiger partial charge in [-0.3, -0.25) is 15.5 Å². The Morgan fingerprint density at radius 2 is 1.96 bits per heavy atom. The predicted octanol–water partition coefficient (Wildman–Crippen LogP) is 3.85. The van der Waals surface area contributed by atoms with E-state index in [4.69, 9.17) is 4.74 Å². The topological polar surface area (TPSA) is 89.7 Å². The number of nitrogens with one attached hydrogen (secondary N) is 1. The van der Waals surface area contributed by atoms with Gasteiger partial charge in [0.15, 0.2) is 0 Å². The van der Waals surface area contributed by atoms with Crippen molar-refractivity contribution < 1.29 is 22.8 Å². The summed E-state index contributed by atoms with van der Waals surface area (Å²) in [4.78, 5) is 14.3. The van der Waals surface area contributed by atoms with Crippen LogP contribution in [0.4, 0.5) is 24.7 Å². The van der Waals surface area contributed by atoms with E-state index in [1.165, 1.54) is 30.5 Å². The van der Waals surface area contributed by atoms with E-state index in [1.54, 1.807) is 6.92 Å². The molecule has 0 spiro atoms. The number of anilines is 1. The third-order valence-corrected chi connectivity index (χ3v) is 2.96. The average Bonchev–Trinajstić information content (AvgIpc) is 2.55. The van der Waals surface area contributed by atoms with E-state index in [1.807, 2.05) is 0 Å². The molecule has 2 rings (SSSR count). The molecule has 0 aliphatic heterocycles. The highest BCUT2D eigenvalue weighted by Gasteiger charge is 2.29. The zero-order chi connectivity index (χ0) is 18.4. The van der Waals surface area contributed by atoms with Crippen LogP contribution >= 0.6 is 0 Å². The predicted molar refractivity (Wildman–Crippen MR) is 84.7 cm³/mol. The Kier molecular flexibility index (Phi) is 5.52. The molecule has 2 aromatic rings. The zero-order valence-electron chi connectivity index (χ0n) is 12.9. The molecule has 0 saturated carbocycles. The van der Waals surface area contributed by atoms with Crippen LogP contribution in [-0.4, -0.2) is 22.7 Å². The zero-order valence-corrected chi connectivity index (χ0v) is 12.9. The second-order valence-electron chi connectivity index (χ2n) is 4.70. The van der Waals surface area contributed by atoms with E-state index >= 15 is 0 Å². The fourth-order valence-electron chi connectivity index (χ4n) is 1.82. The number of aromatic nitrogens is 1. The van der Waals surface area contributed by atoms with Crippen molar-refractivity contribution in [2.45, 2.75) is 13.1 Å². The molecule has 132 valence electrons. The average molecular weight is 354 g/mol. The Morgan fingerprint density at radius 3 is 2.52 bits per heavy atom. The lowest BCUT2D eigenvalue weighted by Gasteiger charge is -2.06. The number of hydrogen-bond acceptors (Lipinski definition) is 6. The van der Waals surface area contributed by atoms with E-state index in [9.17, 15) is 23.3 Å². The van der Waals surface area contributed by atoms with E-state index in [2.05, 4.69) is 15.5 Å². The number of pyridine rings is 1. The number of nitrogens with zero attached hydrogens (tertiary/aromatic N) is 3. The van der Waals surface area contributed by atoms with Gasteiger partial charge in [0.2, 0.25) is 11.7 Å². The van der Waals surface area contributed by atoms with Crippen LogP contribution in [0.1, 0.15) is 18.1 Å². The van der Waals surface area contributed by atoms with Crippen LogP contribution in [0.15, 0.2) is 41.5 Å². The van der Waals surface area contributed by atoms with Gasteiger partial charge in [0.1, 0.15) is 0 Å². The van der Waals surface area contributed by atoms with Crippen LogP contribution in [-0.2, 0) is 6.18 Å². The molecule has 0 bridgehead atoms. The molecule has 0 atom stereocenters. The molecule has 1 N–H and O–H groups in total. The molecule has 10 heteroatoms. The molecule has 7 nitrogen and oxygen atoms in total. The Balaban J connectivity index is 2.15. The molecule has 1 aromatic carbocycles. The first-order valence-electron chi connectivity index (χ1n) is 7.06. The van der Waals surface area contributed by atoms with Crippen LogP contribution in [0.2, 0.25) is 0 Å². The fourth-order valence-corrected chi connectivity index (χ4v) is 1.82. The lowest BCUT2D eigenvalue weighted by atomic mass is 10.1. The number of alkyl halides is 3. The second kappa shape index (κ2) is 7.60. The van der Waals surface area contributed by atoms with Gasteiger partial charge in [0.25, 0.3) is 0 Å². The summed E-state index contributed by atoms with van der Waals surface area (Å²) in [5, 5.41) is 14.8. The van der Waals surface area contributed by atoms with Crippen molar-refractivity contribution >= 4 is 17.7 Å². The van der Waals surface area contributed by atoms with E-state index < -0.39 is 16.7 Å². The third kappa shape index (κ3) is 4.90. The maximum atomic E-state index is 12.5. The number of rotatable bonds is 6. The molecular formula is C15H13F3N4O3. The Labute approximate surface area is 140 Å². The quantitative estimate of drug-likeness (QED) is 0.483. The first kappa shape index (κ1) is 18.2. The smallest absolute Gasteiger partial charge is 0.416 e. The molecule has 25 heavy (non-hydrogen) atoms. The number of nitro groups is 1. The molecular weight excluding hydrogens is 341 g/mol. The van der Waals surface area contributed by atoms with Crippen molar-refractivity contribution in [3.05, 3.63) is 57.6 Å². The first-order chi connectivity index (χ1) is 11.8. The van der Waals surface area contributed by atoms with Crippen molar-refractivity contribution in [1.29, 1.82) is 0 Å². The van der Waals surface area contributed by atoms with Crippen molar-refractivity contribution in [1.82, 2.24) is 4.98 Å². The van der Waals surface area contributed by atoms with Crippen LogP contribution < -0.4 is 10.2 Å². The highest BCUT2D eigenvalue weighted by Crippen LogP contribution is 2.29. The molecule has 0 aliphatic carbocycles. The normalized spacial score (nSPS) is 11.5. The minimum Gasteiger partial charge on any atom is -0.478 e. The van der Waals surface area contributed by atoms with Gasteiger partial charge in [0.05, 0.1) is 23.3 Å². The van der Waals surface area contributed by atoms with E-state index in [0.29, 0.717) is 12.2 Å². The summed E-state index contributed by atoms with van der Waals surface area (Å²) in [7, 11) is 0. The van der Waals surface area contributed by atoms with Crippen LogP contribution in [0.25, 0.3) is 0 Å². The van der Waals surface area contributed by atoms with E-state index in [0.717, 1.165) is 12.1 Å². The van der Waals surface area contributed by atoms with Crippen LogP contribution in [0.3, 0.4) is 0 Å². The first-order valence-corrected chi connectivity index (χ1v) is 7.06. The summed E-state index contributed by atoms with van der Waals surface area (Å²) < 4.78 is 42.6. The summed E-state index contributed by atoms with van der Waals surface area (Å²) in [5.74, 6) is 0.0411. The Morgan fingerprint density at radius 1 is 1.28 bits per heavy atom. The number of ether oxygens (including phenoxy) is 1. The molecule has 0 fully saturated rings. The van der Waals surface area contributed by atoms with Crippen LogP contribution in [0.5, 0.6) is 5.88 Å². The lowest BCUT2D eigenvalue weighted by molar-refractivity contribution is -0.384. The second-order valence-corrected chi connectivity index (χ2v) is 4.70. The molecule has 1 aromatic heterocycles. The fraction of sp³-hybridized carbons (Fsp3) is 0.200. The highest BCUT2D eigenvalue weighted by molar-refractivity contribution is 5.80. The van der Waals surface area contributed by atoms with Gasteiger partial charge in [-0.25, -0.2) is 0 Å². The van der Waals surface area contributed by atoms with Gasteiger partial charge in [-0.05, 0) is 24.6 Å². The van der Waals surface area contributed by atoms with Gasteiger partial charge < -0.3 is 4.74 Å². The summed E-state index contributed by atoms with van der Waals surface area (Å²) in [5.41, 5.74) is 1.69. The van der Waals surface area contributed by atoms with Crippen molar-refractivity contribution in [2.75, 3.05) is 12.0 Å². The van der Waals surface area contributed by atoms with E-state index in [-0.39, 0.29) is 17.4 Å². The van der Waals surface area contributed by atoms with Gasteiger partial charge in [-0.2, -0.15) is 23.3 Å². The molecule has 0 radical (unpaired) electrons.